The van der Waals surface area contributed by atoms with E-state index in [-0.39, 0.29) is 18.6 Å². The summed E-state index contributed by atoms with van der Waals surface area (Å²) in [7, 11) is 0. The Hall–Kier alpha value is -3.51. The Kier molecular flexibility index (Phi) is 15.1. The first-order chi connectivity index (χ1) is 17.2. The van der Waals surface area contributed by atoms with E-state index in [0.29, 0.717) is 31.3 Å². The van der Waals surface area contributed by atoms with Gasteiger partial charge in [-0.1, -0.05) is 71.9 Å². The van der Waals surface area contributed by atoms with Crippen molar-refractivity contribution in [2.24, 2.45) is 0 Å². The summed E-state index contributed by atoms with van der Waals surface area (Å²) in [6, 6.07) is 10.2. The SMILES string of the molecule is C/C(=C\Cc1ccccc1)CCC(=O)/C=C/C[C@H](O)C/C(C)=C/C/C=C/C/C(=C\C(=O)O)CC(=O)O. The minimum atomic E-state index is -1.16. The number of allylic oxidation sites excluding steroid dienone is 6. The lowest BCUT2D eigenvalue weighted by molar-refractivity contribution is -0.136. The summed E-state index contributed by atoms with van der Waals surface area (Å²) in [4.78, 5) is 33.7. The van der Waals surface area contributed by atoms with Gasteiger partial charge in [0.15, 0.2) is 5.78 Å². The Balaban J connectivity index is 2.32. The van der Waals surface area contributed by atoms with Gasteiger partial charge in [-0.05, 0) is 69.6 Å². The van der Waals surface area contributed by atoms with Crippen molar-refractivity contribution in [3.63, 3.8) is 0 Å². The lowest BCUT2D eigenvalue weighted by atomic mass is 10.0. The molecule has 0 saturated carbocycles. The number of aliphatic hydroxyl groups excluding tert-OH is 1. The molecule has 6 heteroatoms. The van der Waals surface area contributed by atoms with Gasteiger partial charge in [0, 0.05) is 12.5 Å². The molecular formula is C30H38O6. The molecule has 0 unspecified atom stereocenters. The summed E-state index contributed by atoms with van der Waals surface area (Å²) in [6.45, 7) is 3.95. The number of ketones is 1. The molecule has 0 spiro atoms. The average molecular weight is 495 g/mol. The molecule has 0 saturated heterocycles. The zero-order chi connectivity index (χ0) is 26.8. The summed E-state index contributed by atoms with van der Waals surface area (Å²) in [5.74, 6) is -2.18. The standard InChI is InChI=1S/C30H38O6/c1-23(16-18-25-11-6-4-7-12-25)17-19-27(31)14-9-15-28(32)20-24(2)10-5-3-8-13-26(21-29(33)34)22-30(35)36/h3-4,6-12,14,16,21,28,32H,5,13,15,17-20,22H2,1-2H3,(H,33,34)(H,35,36)/b8-3+,14-9+,23-16+,24-10+,26-21+/t28-/m0/s1. The molecule has 0 amide bonds. The molecule has 0 aromatic heterocycles. The molecule has 0 radical (unpaired) electrons. The highest BCUT2D eigenvalue weighted by Crippen LogP contribution is 2.12. The van der Waals surface area contributed by atoms with E-state index in [4.69, 9.17) is 10.2 Å². The maximum absolute atomic E-state index is 12.1. The van der Waals surface area contributed by atoms with Crippen molar-refractivity contribution in [2.75, 3.05) is 0 Å². The molecule has 0 aliphatic rings. The van der Waals surface area contributed by atoms with Gasteiger partial charge in [-0.15, -0.1) is 0 Å². The molecule has 3 N–H and O–H groups in total. The number of aliphatic carboxylic acids is 2. The molecule has 1 aromatic carbocycles. The number of benzene rings is 1. The second-order valence-corrected chi connectivity index (χ2v) is 8.88. The van der Waals surface area contributed by atoms with Gasteiger partial charge in [0.05, 0.1) is 12.5 Å². The molecule has 1 rings (SSSR count). The highest BCUT2D eigenvalue weighted by Gasteiger charge is 2.05. The summed E-state index contributed by atoms with van der Waals surface area (Å²) >= 11 is 0. The fourth-order valence-electron chi connectivity index (χ4n) is 3.46. The Morgan fingerprint density at radius 3 is 2.31 bits per heavy atom. The fraction of sp³-hybridized carbons (Fsp3) is 0.367. The number of carboxylic acid groups (broad SMARTS) is 2. The van der Waals surface area contributed by atoms with Gasteiger partial charge in [-0.25, -0.2) is 4.79 Å². The van der Waals surface area contributed by atoms with Gasteiger partial charge in [-0.3, -0.25) is 9.59 Å². The van der Waals surface area contributed by atoms with Crippen LogP contribution in [-0.2, 0) is 20.8 Å². The van der Waals surface area contributed by atoms with Gasteiger partial charge < -0.3 is 15.3 Å². The minimum absolute atomic E-state index is 0.0475. The number of hydrogen-bond acceptors (Lipinski definition) is 4. The van der Waals surface area contributed by atoms with Crippen LogP contribution in [0.4, 0.5) is 0 Å². The van der Waals surface area contributed by atoms with Gasteiger partial charge >= 0.3 is 11.9 Å². The van der Waals surface area contributed by atoms with Crippen molar-refractivity contribution in [2.45, 2.75) is 71.3 Å². The van der Waals surface area contributed by atoms with Crippen LogP contribution in [0.3, 0.4) is 0 Å². The zero-order valence-corrected chi connectivity index (χ0v) is 21.2. The van der Waals surface area contributed by atoms with E-state index in [9.17, 15) is 19.5 Å². The number of carbonyl (C=O) groups excluding carboxylic acids is 1. The lowest BCUT2D eigenvalue weighted by Crippen LogP contribution is -2.05. The van der Waals surface area contributed by atoms with E-state index in [2.05, 4.69) is 18.2 Å². The second kappa shape index (κ2) is 17.9. The van der Waals surface area contributed by atoms with E-state index in [1.807, 2.05) is 44.2 Å². The van der Waals surface area contributed by atoms with Crippen LogP contribution in [0.2, 0.25) is 0 Å². The normalized spacial score (nSPS) is 13.9. The predicted molar refractivity (Wildman–Crippen MR) is 143 cm³/mol. The van der Waals surface area contributed by atoms with Crippen molar-refractivity contribution in [1.29, 1.82) is 0 Å². The van der Waals surface area contributed by atoms with Gasteiger partial charge in [0.25, 0.3) is 0 Å². The highest BCUT2D eigenvalue weighted by atomic mass is 16.4. The molecule has 0 bridgehead atoms. The van der Waals surface area contributed by atoms with Crippen molar-refractivity contribution >= 4 is 17.7 Å². The van der Waals surface area contributed by atoms with Crippen molar-refractivity contribution < 1.29 is 29.7 Å². The molecule has 194 valence electrons. The van der Waals surface area contributed by atoms with Gasteiger partial charge in [0.2, 0.25) is 0 Å². The van der Waals surface area contributed by atoms with E-state index in [0.717, 1.165) is 24.5 Å². The first-order valence-corrected chi connectivity index (χ1v) is 12.2. The van der Waals surface area contributed by atoms with E-state index in [1.54, 1.807) is 18.2 Å². The van der Waals surface area contributed by atoms with Gasteiger partial charge in [-0.2, -0.15) is 0 Å². The molecule has 0 fully saturated rings. The second-order valence-electron chi connectivity index (χ2n) is 8.88. The van der Waals surface area contributed by atoms with E-state index < -0.39 is 18.0 Å². The average Bonchev–Trinajstić information content (AvgIpc) is 2.81. The Bertz CT molecular complexity index is 996. The van der Waals surface area contributed by atoms with Crippen LogP contribution in [0.5, 0.6) is 0 Å². The predicted octanol–water partition coefficient (Wildman–Crippen LogP) is 5.99. The molecule has 0 aliphatic heterocycles. The maximum Gasteiger partial charge on any atom is 0.328 e. The third-order valence-electron chi connectivity index (χ3n) is 5.42. The number of carbonyl (C=O) groups is 3. The van der Waals surface area contributed by atoms with Crippen LogP contribution < -0.4 is 0 Å². The van der Waals surface area contributed by atoms with Crippen LogP contribution in [0, 0.1) is 0 Å². The number of rotatable bonds is 17. The number of hydrogen-bond donors (Lipinski definition) is 3. The van der Waals surface area contributed by atoms with E-state index >= 15 is 0 Å². The number of aliphatic hydroxyl groups is 1. The van der Waals surface area contributed by atoms with E-state index in [1.165, 1.54) is 11.1 Å². The van der Waals surface area contributed by atoms with Crippen LogP contribution >= 0.6 is 0 Å². The minimum Gasteiger partial charge on any atom is -0.481 e. The summed E-state index contributed by atoms with van der Waals surface area (Å²) < 4.78 is 0. The van der Waals surface area contributed by atoms with Crippen LogP contribution in [0.25, 0.3) is 0 Å². The third kappa shape index (κ3) is 16.2. The Morgan fingerprint density at radius 2 is 1.64 bits per heavy atom. The van der Waals surface area contributed by atoms with Crippen molar-refractivity contribution in [1.82, 2.24) is 0 Å². The molecule has 0 aliphatic carbocycles. The zero-order valence-electron chi connectivity index (χ0n) is 21.2. The van der Waals surface area contributed by atoms with Crippen LogP contribution in [0.1, 0.15) is 64.4 Å². The molecule has 1 atom stereocenters. The summed E-state index contributed by atoms with van der Waals surface area (Å²) in [5.41, 5.74) is 3.75. The Morgan fingerprint density at radius 1 is 0.917 bits per heavy atom. The molecular weight excluding hydrogens is 456 g/mol. The largest absolute Gasteiger partial charge is 0.481 e. The first-order valence-electron chi connectivity index (χ1n) is 12.2. The highest BCUT2D eigenvalue weighted by molar-refractivity contribution is 5.89. The third-order valence-corrected chi connectivity index (χ3v) is 5.42. The topological polar surface area (TPSA) is 112 Å². The quantitative estimate of drug-likeness (QED) is 0.181. The molecule has 36 heavy (non-hydrogen) atoms. The lowest BCUT2D eigenvalue weighted by Gasteiger charge is -2.08. The monoisotopic (exact) mass is 494 g/mol. The van der Waals surface area contributed by atoms with Crippen LogP contribution in [0.15, 0.2) is 89.6 Å². The molecule has 0 heterocycles. The molecule has 6 nitrogen and oxygen atoms in total. The Labute approximate surface area is 214 Å². The smallest absolute Gasteiger partial charge is 0.328 e. The maximum atomic E-state index is 12.1. The molecule has 1 aromatic rings. The number of carboxylic acids is 2. The first kappa shape index (κ1) is 30.5. The fourth-order valence-corrected chi connectivity index (χ4v) is 3.46. The van der Waals surface area contributed by atoms with Crippen LogP contribution in [-0.4, -0.2) is 39.1 Å². The van der Waals surface area contributed by atoms with Gasteiger partial charge in [0.1, 0.15) is 0 Å². The van der Waals surface area contributed by atoms with Crippen molar-refractivity contribution in [3.05, 3.63) is 95.1 Å². The summed E-state index contributed by atoms with van der Waals surface area (Å²) in [6.07, 6.45) is 14.8. The summed E-state index contributed by atoms with van der Waals surface area (Å²) in [5, 5.41) is 27.9. The van der Waals surface area contributed by atoms with Crippen molar-refractivity contribution in [3.8, 4) is 0 Å².